The Morgan fingerprint density at radius 3 is 2.53 bits per heavy atom. The molecule has 19 heavy (non-hydrogen) atoms. The molecule has 2 N–H and O–H groups in total. The van der Waals surface area contributed by atoms with Gasteiger partial charge >= 0.3 is 0 Å². The van der Waals surface area contributed by atoms with E-state index in [0.717, 1.165) is 0 Å². The number of rotatable bonds is 3. The summed E-state index contributed by atoms with van der Waals surface area (Å²) in [7, 11) is 1.49. The zero-order valence-corrected chi connectivity index (χ0v) is 10.2. The lowest BCUT2D eigenvalue weighted by atomic mass is 10.2. The number of nitrogens with two attached hydrogens (primary N) is 1. The van der Waals surface area contributed by atoms with Crippen LogP contribution in [-0.2, 0) is 0 Å². The summed E-state index contributed by atoms with van der Waals surface area (Å²) in [4.78, 5) is 0. The second-order valence-corrected chi connectivity index (χ2v) is 3.79. The van der Waals surface area contributed by atoms with E-state index in [9.17, 15) is 4.39 Å². The van der Waals surface area contributed by atoms with Crippen molar-refractivity contribution in [1.82, 2.24) is 0 Å². The van der Waals surface area contributed by atoms with Crippen molar-refractivity contribution >= 4 is 5.69 Å². The smallest absolute Gasteiger partial charge is 0.150 e. The number of nitrogen functional groups attached to an aromatic ring is 1. The van der Waals surface area contributed by atoms with E-state index in [1.165, 1.54) is 25.3 Å². The van der Waals surface area contributed by atoms with Crippen LogP contribution in [-0.4, -0.2) is 7.11 Å². The molecule has 2 aromatic rings. The number of anilines is 1. The minimum atomic E-state index is -0.437. The van der Waals surface area contributed by atoms with Gasteiger partial charge in [-0.3, -0.25) is 0 Å². The SMILES string of the molecule is COc1cc(C#N)cc(Oc2ccc(F)cc2N)c1. The lowest BCUT2D eigenvalue weighted by Crippen LogP contribution is -1.94. The second-order valence-electron chi connectivity index (χ2n) is 3.79. The molecule has 5 heteroatoms. The Hall–Kier alpha value is -2.74. The fourth-order valence-electron chi connectivity index (χ4n) is 1.55. The van der Waals surface area contributed by atoms with Gasteiger partial charge in [0.2, 0.25) is 0 Å². The molecule has 0 amide bonds. The van der Waals surface area contributed by atoms with Gasteiger partial charge in [-0.15, -0.1) is 0 Å². The highest BCUT2D eigenvalue weighted by Crippen LogP contribution is 2.30. The third kappa shape index (κ3) is 2.93. The van der Waals surface area contributed by atoms with Crippen molar-refractivity contribution in [1.29, 1.82) is 5.26 Å². The van der Waals surface area contributed by atoms with Crippen LogP contribution in [0.15, 0.2) is 36.4 Å². The van der Waals surface area contributed by atoms with Gasteiger partial charge < -0.3 is 15.2 Å². The van der Waals surface area contributed by atoms with E-state index >= 15 is 0 Å². The van der Waals surface area contributed by atoms with Gasteiger partial charge in [-0.1, -0.05) is 0 Å². The molecule has 0 heterocycles. The van der Waals surface area contributed by atoms with Crippen LogP contribution in [0.25, 0.3) is 0 Å². The summed E-state index contributed by atoms with van der Waals surface area (Å²) in [6.07, 6.45) is 0. The maximum Gasteiger partial charge on any atom is 0.150 e. The van der Waals surface area contributed by atoms with Crippen molar-refractivity contribution in [2.45, 2.75) is 0 Å². The quantitative estimate of drug-likeness (QED) is 0.859. The van der Waals surface area contributed by atoms with Crippen LogP contribution in [0.5, 0.6) is 17.2 Å². The molecule has 0 radical (unpaired) electrons. The molecule has 0 fully saturated rings. The van der Waals surface area contributed by atoms with E-state index < -0.39 is 5.82 Å². The molecule has 0 aromatic heterocycles. The number of halogens is 1. The van der Waals surface area contributed by atoms with Gasteiger partial charge in [0.15, 0.2) is 5.75 Å². The summed E-state index contributed by atoms with van der Waals surface area (Å²) in [5.41, 5.74) is 6.23. The average Bonchev–Trinajstić information content (AvgIpc) is 2.41. The molecule has 0 aliphatic rings. The van der Waals surface area contributed by atoms with Crippen LogP contribution in [0, 0.1) is 17.1 Å². The summed E-state index contributed by atoms with van der Waals surface area (Å²) in [6.45, 7) is 0. The van der Waals surface area contributed by atoms with Crippen LogP contribution in [0.1, 0.15) is 5.56 Å². The number of hydrogen-bond donors (Lipinski definition) is 1. The highest BCUT2D eigenvalue weighted by atomic mass is 19.1. The molecular weight excluding hydrogens is 247 g/mol. The Labute approximate surface area is 109 Å². The Morgan fingerprint density at radius 2 is 1.89 bits per heavy atom. The number of hydrogen-bond acceptors (Lipinski definition) is 4. The highest BCUT2D eigenvalue weighted by molar-refractivity contribution is 5.55. The predicted molar refractivity (Wildman–Crippen MR) is 68.6 cm³/mol. The molecule has 4 nitrogen and oxygen atoms in total. The van der Waals surface area contributed by atoms with Crippen molar-refractivity contribution in [3.63, 3.8) is 0 Å². The molecular formula is C14H11FN2O2. The van der Waals surface area contributed by atoms with Crippen molar-refractivity contribution < 1.29 is 13.9 Å². The van der Waals surface area contributed by atoms with E-state index in [0.29, 0.717) is 22.8 Å². The molecule has 2 rings (SSSR count). The Morgan fingerprint density at radius 1 is 1.16 bits per heavy atom. The lowest BCUT2D eigenvalue weighted by molar-refractivity contribution is 0.409. The van der Waals surface area contributed by atoms with Gasteiger partial charge in [0, 0.05) is 12.1 Å². The minimum Gasteiger partial charge on any atom is -0.497 e. The summed E-state index contributed by atoms with van der Waals surface area (Å²) < 4.78 is 23.5. The first-order chi connectivity index (χ1) is 9.12. The summed E-state index contributed by atoms with van der Waals surface area (Å²) in [5, 5.41) is 8.90. The normalized spacial score (nSPS) is 9.74. The number of nitriles is 1. The van der Waals surface area contributed by atoms with E-state index in [1.54, 1.807) is 18.2 Å². The minimum absolute atomic E-state index is 0.182. The average molecular weight is 258 g/mol. The molecule has 0 bridgehead atoms. The van der Waals surface area contributed by atoms with Gasteiger partial charge in [-0.2, -0.15) is 5.26 Å². The maximum atomic E-state index is 12.9. The van der Waals surface area contributed by atoms with Crippen molar-refractivity contribution in [3.8, 4) is 23.3 Å². The largest absolute Gasteiger partial charge is 0.497 e. The monoisotopic (exact) mass is 258 g/mol. The molecule has 0 spiro atoms. The lowest BCUT2D eigenvalue weighted by Gasteiger charge is -2.10. The molecule has 0 saturated carbocycles. The zero-order chi connectivity index (χ0) is 13.8. The van der Waals surface area contributed by atoms with Crippen molar-refractivity contribution in [2.75, 3.05) is 12.8 Å². The van der Waals surface area contributed by atoms with E-state index in [4.69, 9.17) is 20.5 Å². The van der Waals surface area contributed by atoms with E-state index in [1.807, 2.05) is 6.07 Å². The predicted octanol–water partition coefficient (Wildman–Crippen LogP) is 3.08. The first kappa shape index (κ1) is 12.7. The third-order valence-corrected chi connectivity index (χ3v) is 2.44. The fourth-order valence-corrected chi connectivity index (χ4v) is 1.55. The van der Waals surface area contributed by atoms with Crippen LogP contribution >= 0.6 is 0 Å². The number of methoxy groups -OCH3 is 1. The number of ether oxygens (including phenoxy) is 2. The first-order valence-electron chi connectivity index (χ1n) is 5.44. The van der Waals surface area contributed by atoms with Crippen LogP contribution in [0.3, 0.4) is 0 Å². The molecule has 0 aliphatic heterocycles. The molecule has 0 atom stereocenters. The molecule has 2 aromatic carbocycles. The standard InChI is InChI=1S/C14H11FN2O2/c1-18-11-4-9(8-16)5-12(7-11)19-14-3-2-10(15)6-13(14)17/h2-7H,17H2,1H3. The van der Waals surface area contributed by atoms with Crippen LogP contribution in [0.4, 0.5) is 10.1 Å². The zero-order valence-electron chi connectivity index (χ0n) is 10.2. The highest BCUT2D eigenvalue weighted by Gasteiger charge is 2.06. The second kappa shape index (κ2) is 5.27. The number of nitrogens with zero attached hydrogens (tertiary/aromatic N) is 1. The fraction of sp³-hybridized carbons (Fsp3) is 0.0714. The maximum absolute atomic E-state index is 12.9. The van der Waals surface area contributed by atoms with Crippen LogP contribution in [0.2, 0.25) is 0 Å². The van der Waals surface area contributed by atoms with E-state index in [-0.39, 0.29) is 5.69 Å². The molecule has 96 valence electrons. The van der Waals surface area contributed by atoms with Gasteiger partial charge in [0.1, 0.15) is 17.3 Å². The molecule has 0 unspecified atom stereocenters. The molecule has 0 aliphatic carbocycles. The molecule has 0 saturated heterocycles. The van der Waals surface area contributed by atoms with Crippen LogP contribution < -0.4 is 15.2 Å². The third-order valence-electron chi connectivity index (χ3n) is 2.44. The summed E-state index contributed by atoms with van der Waals surface area (Å²) in [5.74, 6) is 0.774. The van der Waals surface area contributed by atoms with E-state index in [2.05, 4.69) is 0 Å². The van der Waals surface area contributed by atoms with Gasteiger partial charge in [-0.05, 0) is 24.3 Å². The Kier molecular flexibility index (Phi) is 3.53. The topological polar surface area (TPSA) is 68.3 Å². The van der Waals surface area contributed by atoms with Crippen molar-refractivity contribution in [2.24, 2.45) is 0 Å². The van der Waals surface area contributed by atoms with Gasteiger partial charge in [0.25, 0.3) is 0 Å². The summed E-state index contributed by atoms with van der Waals surface area (Å²) in [6, 6.07) is 10.6. The Balaban J connectivity index is 2.35. The Bertz CT molecular complexity index is 650. The van der Waals surface area contributed by atoms with Gasteiger partial charge in [0.05, 0.1) is 24.4 Å². The first-order valence-corrected chi connectivity index (χ1v) is 5.44. The van der Waals surface area contributed by atoms with Crippen molar-refractivity contribution in [3.05, 3.63) is 47.8 Å². The number of benzene rings is 2. The van der Waals surface area contributed by atoms with Gasteiger partial charge in [-0.25, -0.2) is 4.39 Å². The summed E-state index contributed by atoms with van der Waals surface area (Å²) >= 11 is 0.